The Morgan fingerprint density at radius 1 is 1.32 bits per heavy atom. The lowest BCUT2D eigenvalue weighted by molar-refractivity contribution is 0.413. The number of aryl methyl sites for hydroxylation is 3. The average molecular weight is 259 g/mol. The minimum Gasteiger partial charge on any atom is -0.496 e. The number of hydrogen-bond donors (Lipinski definition) is 1. The zero-order valence-corrected chi connectivity index (χ0v) is 12.0. The van der Waals surface area contributed by atoms with Crippen molar-refractivity contribution in [3.63, 3.8) is 0 Å². The maximum Gasteiger partial charge on any atom is 0.131 e. The molecule has 0 bridgehead atoms. The van der Waals surface area contributed by atoms with Crippen molar-refractivity contribution < 1.29 is 4.74 Å². The molecule has 102 valence electrons. The molecule has 0 spiro atoms. The number of rotatable bonds is 4. The summed E-state index contributed by atoms with van der Waals surface area (Å²) in [5, 5.41) is 4.57. The van der Waals surface area contributed by atoms with E-state index in [1.54, 1.807) is 7.11 Å². The van der Waals surface area contributed by atoms with Crippen molar-refractivity contribution >= 4 is 0 Å². The van der Waals surface area contributed by atoms with Crippen LogP contribution in [0.2, 0.25) is 0 Å². The number of aromatic nitrogens is 2. The van der Waals surface area contributed by atoms with Crippen LogP contribution in [0.1, 0.15) is 16.7 Å². The highest BCUT2D eigenvalue weighted by molar-refractivity contribution is 5.72. The lowest BCUT2D eigenvalue weighted by Gasteiger charge is -2.12. The van der Waals surface area contributed by atoms with Crippen molar-refractivity contribution in [2.45, 2.75) is 20.3 Å². The largest absolute Gasteiger partial charge is 0.496 e. The van der Waals surface area contributed by atoms with E-state index in [1.807, 2.05) is 17.9 Å². The van der Waals surface area contributed by atoms with Crippen LogP contribution in [0.4, 0.5) is 0 Å². The van der Waals surface area contributed by atoms with Gasteiger partial charge in [0.15, 0.2) is 0 Å². The fraction of sp³-hybridized carbons (Fsp3) is 0.400. The van der Waals surface area contributed by atoms with Crippen molar-refractivity contribution in [2.75, 3.05) is 13.7 Å². The van der Waals surface area contributed by atoms with Gasteiger partial charge < -0.3 is 10.5 Å². The molecule has 2 rings (SSSR count). The first-order valence-electron chi connectivity index (χ1n) is 6.45. The molecular formula is C15H21N3O. The molecule has 0 saturated heterocycles. The van der Waals surface area contributed by atoms with Crippen molar-refractivity contribution in [3.8, 4) is 17.0 Å². The smallest absolute Gasteiger partial charge is 0.131 e. The molecule has 0 fully saturated rings. The molecule has 2 aromatic rings. The summed E-state index contributed by atoms with van der Waals surface area (Å²) < 4.78 is 7.38. The van der Waals surface area contributed by atoms with E-state index in [4.69, 9.17) is 10.5 Å². The zero-order valence-electron chi connectivity index (χ0n) is 12.0. The van der Waals surface area contributed by atoms with Crippen LogP contribution in [-0.4, -0.2) is 23.4 Å². The molecule has 0 atom stereocenters. The van der Waals surface area contributed by atoms with Crippen LogP contribution < -0.4 is 10.5 Å². The lowest BCUT2D eigenvalue weighted by atomic mass is 10.00. The Morgan fingerprint density at radius 2 is 2.05 bits per heavy atom. The van der Waals surface area contributed by atoms with E-state index < -0.39 is 0 Å². The number of nitrogens with two attached hydrogens (primary N) is 1. The SMILES string of the molecule is COc1c(C)cc(C)cc1-c1nn(C)cc1CCN. The molecule has 0 aliphatic rings. The van der Waals surface area contributed by atoms with E-state index in [-0.39, 0.29) is 0 Å². The van der Waals surface area contributed by atoms with Gasteiger partial charge in [-0.25, -0.2) is 0 Å². The van der Waals surface area contributed by atoms with Gasteiger partial charge in [0, 0.05) is 18.8 Å². The number of ether oxygens (including phenoxy) is 1. The van der Waals surface area contributed by atoms with Gasteiger partial charge in [-0.3, -0.25) is 4.68 Å². The van der Waals surface area contributed by atoms with E-state index in [9.17, 15) is 0 Å². The molecule has 0 aliphatic carbocycles. The lowest BCUT2D eigenvalue weighted by Crippen LogP contribution is -2.03. The Balaban J connectivity index is 2.63. The third kappa shape index (κ3) is 2.63. The molecule has 0 aliphatic heterocycles. The molecule has 19 heavy (non-hydrogen) atoms. The summed E-state index contributed by atoms with van der Waals surface area (Å²) in [7, 11) is 3.63. The second kappa shape index (κ2) is 5.45. The molecule has 1 aromatic carbocycles. The Bertz CT molecular complexity index is 587. The summed E-state index contributed by atoms with van der Waals surface area (Å²) in [5.74, 6) is 0.891. The fourth-order valence-electron chi connectivity index (χ4n) is 2.50. The van der Waals surface area contributed by atoms with Crippen LogP contribution in [0.3, 0.4) is 0 Å². The molecule has 0 amide bonds. The molecule has 1 aromatic heterocycles. The maximum absolute atomic E-state index is 5.68. The Hall–Kier alpha value is -1.81. The van der Waals surface area contributed by atoms with E-state index in [0.717, 1.165) is 34.6 Å². The third-order valence-electron chi connectivity index (χ3n) is 3.20. The van der Waals surface area contributed by atoms with Crippen molar-refractivity contribution in [1.29, 1.82) is 0 Å². The Morgan fingerprint density at radius 3 is 2.68 bits per heavy atom. The van der Waals surface area contributed by atoms with Crippen LogP contribution >= 0.6 is 0 Å². The maximum atomic E-state index is 5.68. The van der Waals surface area contributed by atoms with Crippen molar-refractivity contribution in [2.24, 2.45) is 12.8 Å². The van der Waals surface area contributed by atoms with Gasteiger partial charge in [-0.2, -0.15) is 5.10 Å². The summed E-state index contributed by atoms with van der Waals surface area (Å²) in [4.78, 5) is 0. The van der Waals surface area contributed by atoms with E-state index in [1.165, 1.54) is 5.56 Å². The highest BCUT2D eigenvalue weighted by Gasteiger charge is 2.16. The van der Waals surface area contributed by atoms with Crippen LogP contribution in [0.15, 0.2) is 18.3 Å². The summed E-state index contributed by atoms with van der Waals surface area (Å²) in [6, 6.07) is 4.24. The summed E-state index contributed by atoms with van der Waals surface area (Å²) >= 11 is 0. The number of nitrogens with zero attached hydrogens (tertiary/aromatic N) is 2. The first-order valence-corrected chi connectivity index (χ1v) is 6.45. The molecule has 4 nitrogen and oxygen atoms in total. The number of methoxy groups -OCH3 is 1. The van der Waals surface area contributed by atoms with Gasteiger partial charge >= 0.3 is 0 Å². The third-order valence-corrected chi connectivity index (χ3v) is 3.20. The van der Waals surface area contributed by atoms with Gasteiger partial charge in [0.25, 0.3) is 0 Å². The topological polar surface area (TPSA) is 53.1 Å². The standard InChI is InChI=1S/C15H21N3O/c1-10-7-11(2)15(19-4)13(8-10)14-12(5-6-16)9-18(3)17-14/h7-9H,5-6,16H2,1-4H3. The van der Waals surface area contributed by atoms with Gasteiger partial charge in [-0.1, -0.05) is 6.07 Å². The van der Waals surface area contributed by atoms with Crippen LogP contribution in [0.5, 0.6) is 5.75 Å². The van der Waals surface area contributed by atoms with E-state index >= 15 is 0 Å². The first-order chi connectivity index (χ1) is 9.06. The van der Waals surface area contributed by atoms with Gasteiger partial charge in [0.2, 0.25) is 0 Å². The zero-order chi connectivity index (χ0) is 14.0. The Labute approximate surface area is 114 Å². The minimum atomic E-state index is 0.617. The second-order valence-corrected chi connectivity index (χ2v) is 4.88. The van der Waals surface area contributed by atoms with Crippen LogP contribution in [-0.2, 0) is 13.5 Å². The number of hydrogen-bond acceptors (Lipinski definition) is 3. The summed E-state index contributed by atoms with van der Waals surface area (Å²) in [6.07, 6.45) is 2.85. The molecular weight excluding hydrogens is 238 g/mol. The predicted octanol–water partition coefficient (Wildman–Crippen LogP) is 2.21. The molecule has 1 heterocycles. The van der Waals surface area contributed by atoms with E-state index in [0.29, 0.717) is 6.54 Å². The van der Waals surface area contributed by atoms with E-state index in [2.05, 4.69) is 31.1 Å². The summed E-state index contributed by atoms with van der Waals surface area (Å²) in [5.41, 5.74) is 11.2. The monoisotopic (exact) mass is 259 g/mol. The fourth-order valence-corrected chi connectivity index (χ4v) is 2.50. The highest BCUT2D eigenvalue weighted by Crippen LogP contribution is 2.35. The molecule has 0 radical (unpaired) electrons. The highest BCUT2D eigenvalue weighted by atomic mass is 16.5. The normalized spacial score (nSPS) is 10.8. The molecule has 2 N–H and O–H groups in total. The molecule has 4 heteroatoms. The van der Waals surface area contributed by atoms with Gasteiger partial charge in [0.1, 0.15) is 5.75 Å². The Kier molecular flexibility index (Phi) is 3.90. The first kappa shape index (κ1) is 13.6. The second-order valence-electron chi connectivity index (χ2n) is 4.88. The van der Waals surface area contributed by atoms with Gasteiger partial charge in [-0.15, -0.1) is 0 Å². The van der Waals surface area contributed by atoms with Gasteiger partial charge in [0.05, 0.1) is 12.8 Å². The van der Waals surface area contributed by atoms with Gasteiger partial charge in [-0.05, 0) is 49.6 Å². The predicted molar refractivity (Wildman–Crippen MR) is 77.4 cm³/mol. The quantitative estimate of drug-likeness (QED) is 0.916. The average Bonchev–Trinajstić information content (AvgIpc) is 2.70. The van der Waals surface area contributed by atoms with Crippen LogP contribution in [0, 0.1) is 13.8 Å². The summed E-state index contributed by atoms with van der Waals surface area (Å²) in [6.45, 7) is 4.76. The molecule has 0 saturated carbocycles. The van der Waals surface area contributed by atoms with Crippen LogP contribution in [0.25, 0.3) is 11.3 Å². The minimum absolute atomic E-state index is 0.617. The van der Waals surface area contributed by atoms with Crippen molar-refractivity contribution in [3.05, 3.63) is 35.0 Å². The molecule has 0 unspecified atom stereocenters. The van der Waals surface area contributed by atoms with Crippen molar-refractivity contribution in [1.82, 2.24) is 9.78 Å². The number of benzene rings is 1.